The molecule has 2 aliphatic rings. The zero-order valence-electron chi connectivity index (χ0n) is 57.1. The third kappa shape index (κ3) is 18.4. The zero-order valence-corrected chi connectivity index (χ0v) is 69.7. The van der Waals surface area contributed by atoms with Gasteiger partial charge in [0.2, 0.25) is 0 Å². The fourth-order valence-corrected chi connectivity index (χ4v) is 25.8. The largest absolute Gasteiger partial charge is 1.00 e. The van der Waals surface area contributed by atoms with Crippen LogP contribution in [0.4, 0.5) is 0 Å². The summed E-state index contributed by atoms with van der Waals surface area (Å²) in [5, 5.41) is 17.4. The molecule has 0 saturated carbocycles. The van der Waals surface area contributed by atoms with Gasteiger partial charge in [-0.25, -0.2) is 0 Å². The molecule has 0 amide bonds. The van der Waals surface area contributed by atoms with Crippen LogP contribution in [0, 0.1) is 49.4 Å². The summed E-state index contributed by atoms with van der Waals surface area (Å²) in [5.74, 6) is 9.73. The van der Waals surface area contributed by atoms with Crippen LogP contribution >= 0.6 is 31.7 Å². The van der Waals surface area contributed by atoms with E-state index < -0.39 is 31.7 Å². The van der Waals surface area contributed by atoms with E-state index in [1.54, 1.807) is 0 Å². The molecule has 16 rings (SSSR count). The predicted octanol–water partition coefficient (Wildman–Crippen LogP) is 16.3. The van der Waals surface area contributed by atoms with Gasteiger partial charge in [0, 0.05) is 5.41 Å². The summed E-state index contributed by atoms with van der Waals surface area (Å²) in [6.07, 6.45) is 29.8. The Labute approximate surface area is 683 Å². The molecular weight excluding hydrogens is 2060 g/mol. The maximum atomic E-state index is 7.28. The molecule has 0 fully saturated rings. The van der Waals surface area contributed by atoms with E-state index in [1.165, 1.54) is 108 Å². The molecule has 0 unspecified atom stereocenters. The maximum Gasteiger partial charge on any atom is 1.00 e. The molecule has 14 aromatic carbocycles. The summed E-state index contributed by atoms with van der Waals surface area (Å²) in [6, 6.07) is 131. The minimum absolute atomic E-state index is 0. The van der Waals surface area contributed by atoms with Gasteiger partial charge in [-0.3, -0.25) is 23.7 Å². The van der Waals surface area contributed by atoms with Crippen LogP contribution in [0.25, 0.3) is 22.3 Å². The van der Waals surface area contributed by atoms with Crippen molar-refractivity contribution < 1.29 is 89.5 Å². The van der Waals surface area contributed by atoms with Crippen molar-refractivity contribution in [2.24, 2.45) is 0 Å². The van der Waals surface area contributed by atoms with Gasteiger partial charge in [-0.1, -0.05) is 214 Å². The van der Waals surface area contributed by atoms with Gasteiger partial charge in [0.05, 0.1) is 0 Å². The Morgan fingerprint density at radius 3 is 0.788 bits per heavy atom. The van der Waals surface area contributed by atoms with Crippen molar-refractivity contribution in [3.8, 4) is 45.9 Å². The van der Waals surface area contributed by atoms with E-state index in [-0.39, 0.29) is 94.9 Å². The quantitative estimate of drug-likeness (QED) is 0.0495. The van der Waals surface area contributed by atoms with Crippen molar-refractivity contribution in [3.05, 3.63) is 434 Å². The Morgan fingerprint density at radius 1 is 0.231 bits per heavy atom. The van der Waals surface area contributed by atoms with Crippen molar-refractivity contribution in [1.29, 1.82) is 0 Å². The smallest absolute Gasteiger partial charge is 0.366 e. The van der Waals surface area contributed by atoms with Crippen molar-refractivity contribution in [2.75, 3.05) is 0 Å². The van der Waals surface area contributed by atoms with Crippen molar-refractivity contribution >= 4 is 95.3 Å². The number of hydrogen-bond donors (Lipinski definition) is 0. The van der Waals surface area contributed by atoms with Crippen LogP contribution in [0.15, 0.2) is 364 Å². The Bertz CT molecular complexity index is 4740. The molecule has 0 aromatic heterocycles. The standard InChI is InChI=1S/2C30H24P2.C19H12.C17H8.4Au/c2*1-5-15-25(16-6-1)31(26-17-7-2-8-18-26)29-23-13-14-24-30(29)32(27-19-9-3-10-20-27)28-21-11-4-12-22-28;1-5-13-8-10-17-16(11-13)15-9-7-14(6-2)12-18(15)19(17,3)4;1-3-12-6-8-16-15(9-12)11-14-7-5-13(4-2)10-17(14)16;;;;/h2*1-24H;7-12H,3-4H3;5-10H,11H2;;;;/q;;2*-2;4*+1/p+4. The summed E-state index contributed by atoms with van der Waals surface area (Å²) in [4.78, 5) is 0. The minimum atomic E-state index is -1.14. The zero-order chi connectivity index (χ0) is 68.6. The molecule has 0 nitrogen and oxygen atoms in total. The summed E-state index contributed by atoms with van der Waals surface area (Å²) in [5.41, 5.74) is 12.9. The van der Waals surface area contributed by atoms with E-state index in [4.69, 9.17) is 25.7 Å². The molecule has 516 valence electrons. The van der Waals surface area contributed by atoms with Gasteiger partial charge in [-0.15, -0.1) is 70.8 Å². The SMILES string of the molecule is [Au+].[Au+].[Au+].[Au+].[C-]#Cc1ccc2c(c1)-c1ccc(C#[C-])cc1C2(C)C.[C-]#Cc1ccc2c(c1)Cc1ccc(C#[C-])cc1-2.c1ccc([PH+](c2ccccc2)c2ccccc2[PH+](c2ccccc2)c2ccccc2)cc1.c1ccc([PH+](c2ccccc2)c2ccccc2[PH+](c2ccccc2)c2ccccc2)cc1. The average Bonchev–Trinajstić information content (AvgIpc) is 1.67. The molecule has 0 radical (unpaired) electrons. The minimum Gasteiger partial charge on any atom is -0.366 e. The molecule has 0 aliphatic heterocycles. The fraction of sp³-hybridized carbons (Fsp3) is 0.0417. The summed E-state index contributed by atoms with van der Waals surface area (Å²) < 4.78 is 0. The third-order valence-corrected chi connectivity index (χ3v) is 30.3. The molecule has 0 bridgehead atoms. The van der Waals surface area contributed by atoms with Gasteiger partial charge in [-0.05, 0) is 167 Å². The second-order valence-corrected chi connectivity index (χ2v) is 34.9. The van der Waals surface area contributed by atoms with Gasteiger partial charge in [-0.2, -0.15) is 0 Å². The molecule has 0 N–H and O–H groups in total. The predicted molar refractivity (Wildman–Crippen MR) is 437 cm³/mol. The van der Waals surface area contributed by atoms with E-state index in [2.05, 4.69) is 341 Å². The number of benzene rings is 14. The van der Waals surface area contributed by atoms with Gasteiger partial charge < -0.3 is 25.7 Å². The number of hydrogen-bond acceptors (Lipinski definition) is 0. The molecule has 8 heteroatoms. The molecule has 2 aliphatic carbocycles. The topological polar surface area (TPSA) is 0 Å². The van der Waals surface area contributed by atoms with Gasteiger partial charge in [0.1, 0.15) is 95.3 Å². The molecule has 0 heterocycles. The summed E-state index contributed by atoms with van der Waals surface area (Å²) in [6.45, 7) is 4.39. The first-order valence-corrected chi connectivity index (χ1v) is 39.6. The van der Waals surface area contributed by atoms with E-state index in [0.717, 1.165) is 28.7 Å². The van der Waals surface area contributed by atoms with Crippen molar-refractivity contribution in [1.82, 2.24) is 0 Å². The first-order valence-electron chi connectivity index (χ1n) is 33.6. The molecule has 0 saturated heterocycles. The molecule has 0 spiro atoms. The first-order chi connectivity index (χ1) is 49.2. The van der Waals surface area contributed by atoms with E-state index in [0.29, 0.717) is 0 Å². The Kier molecular flexibility index (Phi) is 29.9. The molecular formula is C96H72Au4P4+4. The van der Waals surface area contributed by atoms with Crippen molar-refractivity contribution in [2.45, 2.75) is 25.7 Å². The number of fused-ring (bicyclic) bond motifs is 6. The Hall–Kier alpha value is -8.00. The second kappa shape index (κ2) is 38.8. The van der Waals surface area contributed by atoms with Gasteiger partial charge in [0.25, 0.3) is 0 Å². The fourth-order valence-electron chi connectivity index (χ4n) is 13.8. The summed E-state index contributed by atoms with van der Waals surface area (Å²) >= 11 is 0. The van der Waals surface area contributed by atoms with Crippen LogP contribution in [0.3, 0.4) is 0 Å². The van der Waals surface area contributed by atoms with E-state index >= 15 is 0 Å². The third-order valence-electron chi connectivity index (χ3n) is 18.6. The monoisotopic (exact) mass is 2140 g/mol. The Balaban J connectivity index is 0.000000164. The molecule has 0 atom stereocenters. The van der Waals surface area contributed by atoms with Crippen LogP contribution in [0.2, 0.25) is 0 Å². The van der Waals surface area contributed by atoms with Crippen molar-refractivity contribution in [3.63, 3.8) is 0 Å². The van der Waals surface area contributed by atoms with Gasteiger partial charge >= 0.3 is 89.5 Å². The van der Waals surface area contributed by atoms with Crippen LogP contribution in [-0.2, 0) is 101 Å². The first kappa shape index (κ1) is 80.1. The van der Waals surface area contributed by atoms with Crippen LogP contribution in [0.1, 0.15) is 58.4 Å². The molecule has 104 heavy (non-hydrogen) atoms. The average molecular weight is 2140 g/mol. The maximum absolute atomic E-state index is 7.28. The second-order valence-electron chi connectivity index (χ2n) is 25.1. The summed E-state index contributed by atoms with van der Waals surface area (Å²) in [7, 11) is -4.56. The molecule has 14 aromatic rings. The Morgan fingerprint density at radius 2 is 0.481 bits per heavy atom. The number of rotatable bonds is 12. The van der Waals surface area contributed by atoms with Crippen LogP contribution < -0.4 is 63.7 Å². The normalized spacial score (nSPS) is 11.2. The van der Waals surface area contributed by atoms with E-state index in [1.807, 2.05) is 60.7 Å². The van der Waals surface area contributed by atoms with E-state index in [9.17, 15) is 0 Å². The van der Waals surface area contributed by atoms with Gasteiger partial charge in [0.15, 0.2) is 0 Å². The van der Waals surface area contributed by atoms with Crippen LogP contribution in [-0.4, -0.2) is 0 Å². The van der Waals surface area contributed by atoms with Crippen LogP contribution in [0.5, 0.6) is 0 Å².